The van der Waals surface area contributed by atoms with Crippen LogP contribution in [0.15, 0.2) is 24.3 Å². The topological polar surface area (TPSA) is 93.7 Å². The van der Waals surface area contributed by atoms with Gasteiger partial charge in [0.05, 0.1) is 72.7 Å². The number of rotatable bonds is 37. The van der Waals surface area contributed by atoms with E-state index in [1.807, 2.05) is 12.1 Å². The number of carbonyl (C=O) groups is 1. The molecule has 0 aliphatic rings. The molecule has 0 aromatic heterocycles. The van der Waals surface area contributed by atoms with Gasteiger partial charge in [-0.1, -0.05) is 103 Å². The van der Waals surface area contributed by atoms with Crippen molar-refractivity contribution in [2.75, 3.05) is 91.2 Å². The van der Waals surface area contributed by atoms with Crippen LogP contribution in [0.25, 0.3) is 0 Å². The van der Waals surface area contributed by atoms with Gasteiger partial charge in [0.2, 0.25) is 5.91 Å². The molecule has 0 fully saturated rings. The van der Waals surface area contributed by atoms with E-state index in [1.54, 1.807) is 12.1 Å². The zero-order chi connectivity index (χ0) is 33.7. The van der Waals surface area contributed by atoms with E-state index in [4.69, 9.17) is 33.2 Å². The molecular formula is C38H69NO8. The molecule has 0 saturated carbocycles. The van der Waals surface area contributed by atoms with Crippen LogP contribution in [-0.4, -0.2) is 91.8 Å². The highest BCUT2D eigenvalue weighted by Crippen LogP contribution is 2.16. The Kier molecular flexibility index (Phi) is 32.7. The smallest absolute Gasteiger partial charge is 0.221 e. The molecule has 1 amide bonds. The number of hydrogen-bond donors (Lipinski definition) is 1. The molecule has 0 aliphatic heterocycles. The molecule has 0 aliphatic carbocycles. The second kappa shape index (κ2) is 35.6. The summed E-state index contributed by atoms with van der Waals surface area (Å²) in [6.45, 7) is 11.0. The number of ether oxygens (including phenoxy) is 7. The standard InChI is InChI=1S/C38H69NO8/c1-3-4-5-6-7-8-9-10-11-12-13-14-15-16-17-18-23-41-24-25-42-26-27-43-28-29-44-30-31-45-32-33-46-34-35-47-38-21-19-37(20-22-38)39-36(2)40/h19-22H,3-18,23-35H2,1-2H3,(H,39,40). The largest absolute Gasteiger partial charge is 0.491 e. The summed E-state index contributed by atoms with van der Waals surface area (Å²) >= 11 is 0. The van der Waals surface area contributed by atoms with E-state index < -0.39 is 0 Å². The van der Waals surface area contributed by atoms with Gasteiger partial charge < -0.3 is 38.5 Å². The van der Waals surface area contributed by atoms with Crippen LogP contribution >= 0.6 is 0 Å². The Balaban J connectivity index is 1.66. The summed E-state index contributed by atoms with van der Waals surface area (Å²) in [7, 11) is 0. The highest BCUT2D eigenvalue weighted by atomic mass is 16.6. The number of amides is 1. The number of carbonyl (C=O) groups excluding carboxylic acids is 1. The first kappa shape index (κ1) is 43.3. The summed E-state index contributed by atoms with van der Waals surface area (Å²) in [5.41, 5.74) is 0.742. The van der Waals surface area contributed by atoms with Gasteiger partial charge >= 0.3 is 0 Å². The summed E-state index contributed by atoms with van der Waals surface area (Å²) in [6, 6.07) is 7.22. The van der Waals surface area contributed by atoms with Gasteiger partial charge in [0.15, 0.2) is 0 Å². The zero-order valence-corrected chi connectivity index (χ0v) is 30.1. The fourth-order valence-electron chi connectivity index (χ4n) is 5.01. The molecule has 0 heterocycles. The molecule has 274 valence electrons. The lowest BCUT2D eigenvalue weighted by Crippen LogP contribution is -2.14. The third-order valence-electron chi connectivity index (χ3n) is 7.67. The van der Waals surface area contributed by atoms with Gasteiger partial charge in [0.1, 0.15) is 12.4 Å². The van der Waals surface area contributed by atoms with E-state index in [1.165, 1.54) is 103 Å². The van der Waals surface area contributed by atoms with Crippen LogP contribution in [0.4, 0.5) is 5.69 Å². The number of unbranched alkanes of at least 4 members (excludes halogenated alkanes) is 15. The Hall–Kier alpha value is -1.75. The molecule has 9 heteroatoms. The summed E-state index contributed by atoms with van der Waals surface area (Å²) in [4.78, 5) is 11.0. The Labute approximate surface area is 287 Å². The van der Waals surface area contributed by atoms with Gasteiger partial charge in [0, 0.05) is 19.2 Å². The summed E-state index contributed by atoms with van der Waals surface area (Å²) < 4.78 is 38.9. The van der Waals surface area contributed by atoms with Crippen LogP contribution in [0, 0.1) is 0 Å². The highest BCUT2D eigenvalue weighted by Gasteiger charge is 1.99. The first-order valence-electron chi connectivity index (χ1n) is 18.7. The molecule has 0 bridgehead atoms. The first-order chi connectivity index (χ1) is 23.2. The SMILES string of the molecule is CCCCCCCCCCCCCCCCCCOCCOCCOCCOCCOCCOCCOc1ccc(NC(C)=O)cc1. The van der Waals surface area contributed by atoms with Gasteiger partial charge in [-0.3, -0.25) is 4.79 Å². The van der Waals surface area contributed by atoms with Crippen LogP contribution < -0.4 is 10.1 Å². The maximum absolute atomic E-state index is 11.0. The molecule has 1 aromatic rings. The second-order valence-electron chi connectivity index (χ2n) is 12.0. The first-order valence-corrected chi connectivity index (χ1v) is 18.7. The third kappa shape index (κ3) is 32.6. The van der Waals surface area contributed by atoms with Crippen LogP contribution in [0.1, 0.15) is 117 Å². The Morgan fingerprint density at radius 2 is 0.766 bits per heavy atom. The van der Waals surface area contributed by atoms with Gasteiger partial charge in [0.25, 0.3) is 0 Å². The number of anilines is 1. The van der Waals surface area contributed by atoms with E-state index in [0.717, 1.165) is 24.5 Å². The fraction of sp³-hybridized carbons (Fsp3) is 0.816. The van der Waals surface area contributed by atoms with E-state index in [2.05, 4.69) is 12.2 Å². The Morgan fingerprint density at radius 3 is 1.13 bits per heavy atom. The van der Waals surface area contributed by atoms with Crippen LogP contribution in [0.5, 0.6) is 5.75 Å². The van der Waals surface area contributed by atoms with E-state index in [-0.39, 0.29) is 5.91 Å². The van der Waals surface area contributed by atoms with Crippen LogP contribution in [-0.2, 0) is 33.2 Å². The lowest BCUT2D eigenvalue weighted by atomic mass is 10.0. The van der Waals surface area contributed by atoms with E-state index in [9.17, 15) is 4.79 Å². The van der Waals surface area contributed by atoms with E-state index >= 15 is 0 Å². The molecule has 1 N–H and O–H groups in total. The van der Waals surface area contributed by atoms with Crippen molar-refractivity contribution in [1.82, 2.24) is 0 Å². The van der Waals surface area contributed by atoms with Crippen molar-refractivity contribution >= 4 is 11.6 Å². The number of hydrogen-bond acceptors (Lipinski definition) is 8. The molecule has 0 unspecified atom stereocenters. The summed E-state index contributed by atoms with van der Waals surface area (Å²) in [6.07, 6.45) is 22.2. The maximum atomic E-state index is 11.0. The average Bonchev–Trinajstić information content (AvgIpc) is 3.07. The Morgan fingerprint density at radius 1 is 0.447 bits per heavy atom. The van der Waals surface area contributed by atoms with Crippen molar-refractivity contribution in [1.29, 1.82) is 0 Å². The highest BCUT2D eigenvalue weighted by molar-refractivity contribution is 5.88. The summed E-state index contributed by atoms with van der Waals surface area (Å²) in [5.74, 6) is 0.631. The summed E-state index contributed by atoms with van der Waals surface area (Å²) in [5, 5.41) is 2.72. The number of nitrogens with one attached hydrogen (secondary N) is 1. The maximum Gasteiger partial charge on any atom is 0.221 e. The quantitative estimate of drug-likeness (QED) is 0.0708. The molecule has 0 spiro atoms. The molecule has 0 saturated heterocycles. The zero-order valence-electron chi connectivity index (χ0n) is 30.1. The normalized spacial score (nSPS) is 11.3. The van der Waals surface area contributed by atoms with Crippen LogP contribution in [0.2, 0.25) is 0 Å². The van der Waals surface area contributed by atoms with Gasteiger partial charge in [-0.25, -0.2) is 0 Å². The minimum absolute atomic E-state index is 0.0985. The van der Waals surface area contributed by atoms with Gasteiger partial charge in [-0.2, -0.15) is 0 Å². The van der Waals surface area contributed by atoms with Crippen molar-refractivity contribution < 1.29 is 38.0 Å². The van der Waals surface area contributed by atoms with Crippen LogP contribution in [0.3, 0.4) is 0 Å². The minimum Gasteiger partial charge on any atom is -0.491 e. The van der Waals surface area contributed by atoms with Crippen molar-refractivity contribution in [3.8, 4) is 5.75 Å². The van der Waals surface area contributed by atoms with Gasteiger partial charge in [-0.15, -0.1) is 0 Å². The number of benzene rings is 1. The molecule has 0 radical (unpaired) electrons. The predicted octanol–water partition coefficient (Wildman–Crippen LogP) is 8.38. The second-order valence-corrected chi connectivity index (χ2v) is 12.0. The predicted molar refractivity (Wildman–Crippen MR) is 191 cm³/mol. The van der Waals surface area contributed by atoms with E-state index in [0.29, 0.717) is 79.3 Å². The lowest BCUT2D eigenvalue weighted by molar-refractivity contribution is -0.114. The molecular weight excluding hydrogens is 598 g/mol. The molecule has 9 nitrogen and oxygen atoms in total. The van der Waals surface area contributed by atoms with Crippen molar-refractivity contribution in [3.05, 3.63) is 24.3 Å². The fourth-order valence-corrected chi connectivity index (χ4v) is 5.01. The van der Waals surface area contributed by atoms with Crippen molar-refractivity contribution in [2.45, 2.75) is 117 Å². The van der Waals surface area contributed by atoms with Crippen molar-refractivity contribution in [3.63, 3.8) is 0 Å². The van der Waals surface area contributed by atoms with Gasteiger partial charge in [-0.05, 0) is 30.7 Å². The Bertz CT molecular complexity index is 779. The lowest BCUT2D eigenvalue weighted by Gasteiger charge is -2.09. The van der Waals surface area contributed by atoms with Crippen molar-refractivity contribution in [2.24, 2.45) is 0 Å². The molecule has 47 heavy (non-hydrogen) atoms. The monoisotopic (exact) mass is 668 g/mol. The third-order valence-corrected chi connectivity index (χ3v) is 7.67. The average molecular weight is 668 g/mol. The minimum atomic E-state index is -0.0985. The molecule has 0 atom stereocenters. The molecule has 1 aromatic carbocycles. The molecule has 1 rings (SSSR count).